The molecule has 4 aromatic carbocycles. The van der Waals surface area contributed by atoms with Gasteiger partial charge < -0.3 is 10.2 Å². The van der Waals surface area contributed by atoms with E-state index < -0.39 is 28.5 Å². The van der Waals surface area contributed by atoms with Crippen LogP contribution in [0.1, 0.15) is 30.5 Å². The van der Waals surface area contributed by atoms with Crippen molar-refractivity contribution in [2.75, 3.05) is 13.6 Å². The topological polar surface area (TPSA) is 86.8 Å². The average Bonchev–Trinajstić information content (AvgIpc) is 2.94. The Kier molecular flexibility index (Phi) is 9.57. The average molecular weight is 572 g/mol. The number of rotatable bonds is 11. The van der Waals surface area contributed by atoms with E-state index >= 15 is 0 Å². The standard InChI is InChI=1S/C33H37N3O4S/c1-24(2)34-33(38)31(20-26-12-6-5-7-13-26)36(22-27-14-10-11-25(3)19-27)32(37)23-35(4)41(39,40)30-18-17-28-15-8-9-16-29(28)21-30/h5-19,21,24,31H,20,22-23H2,1-4H3,(H,34,38). The van der Waals surface area contributed by atoms with Gasteiger partial charge >= 0.3 is 0 Å². The van der Waals surface area contributed by atoms with E-state index in [9.17, 15) is 18.0 Å². The van der Waals surface area contributed by atoms with E-state index in [2.05, 4.69) is 5.32 Å². The summed E-state index contributed by atoms with van der Waals surface area (Å²) in [4.78, 5) is 29.2. The second kappa shape index (κ2) is 13.1. The van der Waals surface area contributed by atoms with Crippen LogP contribution in [0.25, 0.3) is 10.8 Å². The molecule has 2 amide bonds. The maximum Gasteiger partial charge on any atom is 0.243 e. The Hall–Kier alpha value is -4.01. The minimum absolute atomic E-state index is 0.107. The Bertz CT molecular complexity index is 1620. The maximum atomic E-state index is 14.0. The summed E-state index contributed by atoms with van der Waals surface area (Å²) in [7, 11) is -2.58. The van der Waals surface area contributed by atoms with E-state index in [4.69, 9.17) is 0 Å². The molecule has 1 unspecified atom stereocenters. The van der Waals surface area contributed by atoms with E-state index in [0.717, 1.165) is 31.8 Å². The number of nitrogens with zero attached hydrogens (tertiary/aromatic N) is 2. The number of fused-ring (bicyclic) bond motifs is 1. The summed E-state index contributed by atoms with van der Waals surface area (Å²) < 4.78 is 28.2. The quantitative estimate of drug-likeness (QED) is 0.277. The molecule has 0 aromatic heterocycles. The van der Waals surface area contributed by atoms with Gasteiger partial charge in [-0.3, -0.25) is 9.59 Å². The number of sulfonamides is 1. The summed E-state index contributed by atoms with van der Waals surface area (Å²) in [6, 6.07) is 28.7. The summed E-state index contributed by atoms with van der Waals surface area (Å²) in [5.41, 5.74) is 2.78. The van der Waals surface area contributed by atoms with Gasteiger partial charge in [0.05, 0.1) is 11.4 Å². The summed E-state index contributed by atoms with van der Waals surface area (Å²) in [5.74, 6) is -0.747. The minimum Gasteiger partial charge on any atom is -0.352 e. The van der Waals surface area contributed by atoms with Gasteiger partial charge in [0.15, 0.2) is 0 Å². The maximum absolute atomic E-state index is 14.0. The molecule has 0 saturated carbocycles. The molecule has 4 rings (SSSR count). The van der Waals surface area contributed by atoms with Gasteiger partial charge in [-0.15, -0.1) is 0 Å². The molecule has 7 nitrogen and oxygen atoms in total. The Balaban J connectivity index is 1.67. The zero-order chi connectivity index (χ0) is 29.6. The fourth-order valence-electron chi connectivity index (χ4n) is 4.82. The van der Waals surface area contributed by atoms with Gasteiger partial charge in [0.2, 0.25) is 21.8 Å². The van der Waals surface area contributed by atoms with E-state index in [-0.39, 0.29) is 29.8 Å². The summed E-state index contributed by atoms with van der Waals surface area (Å²) in [6.45, 7) is 5.45. The number of aryl methyl sites for hydroxylation is 1. The lowest BCUT2D eigenvalue weighted by Crippen LogP contribution is -2.53. The lowest BCUT2D eigenvalue weighted by molar-refractivity contribution is -0.141. The molecule has 0 bridgehead atoms. The minimum atomic E-state index is -3.98. The van der Waals surface area contributed by atoms with Gasteiger partial charge in [-0.2, -0.15) is 4.31 Å². The lowest BCUT2D eigenvalue weighted by atomic mass is 10.0. The molecule has 0 radical (unpaired) electrons. The van der Waals surface area contributed by atoms with Crippen LogP contribution in [0.5, 0.6) is 0 Å². The van der Waals surface area contributed by atoms with Crippen molar-refractivity contribution in [2.45, 2.75) is 50.7 Å². The van der Waals surface area contributed by atoms with E-state index in [0.29, 0.717) is 0 Å². The van der Waals surface area contributed by atoms with Crippen molar-refractivity contribution in [3.63, 3.8) is 0 Å². The number of carbonyl (C=O) groups excluding carboxylic acids is 2. The highest BCUT2D eigenvalue weighted by Crippen LogP contribution is 2.22. The molecular formula is C33H37N3O4S. The molecule has 41 heavy (non-hydrogen) atoms. The van der Waals surface area contributed by atoms with Crippen LogP contribution in [0.15, 0.2) is 102 Å². The lowest BCUT2D eigenvalue weighted by Gasteiger charge is -2.33. The second-order valence-corrected chi connectivity index (χ2v) is 12.7. The smallest absolute Gasteiger partial charge is 0.243 e. The Morgan fingerprint density at radius 1 is 0.805 bits per heavy atom. The zero-order valence-electron chi connectivity index (χ0n) is 23.9. The van der Waals surface area contributed by atoms with Crippen molar-refractivity contribution in [1.29, 1.82) is 0 Å². The van der Waals surface area contributed by atoms with Gasteiger partial charge in [0.1, 0.15) is 6.04 Å². The molecule has 0 aliphatic heterocycles. The highest BCUT2D eigenvalue weighted by molar-refractivity contribution is 7.89. The van der Waals surface area contributed by atoms with Crippen LogP contribution in [-0.4, -0.2) is 55.1 Å². The molecule has 0 aliphatic carbocycles. The third-order valence-corrected chi connectivity index (χ3v) is 8.72. The number of carbonyl (C=O) groups is 2. The molecule has 214 valence electrons. The van der Waals surface area contributed by atoms with Crippen molar-refractivity contribution in [2.24, 2.45) is 0 Å². The monoisotopic (exact) mass is 571 g/mol. The molecule has 4 aromatic rings. The van der Waals surface area contributed by atoms with Gasteiger partial charge in [-0.25, -0.2) is 8.42 Å². The first-order valence-electron chi connectivity index (χ1n) is 13.7. The number of nitrogens with one attached hydrogen (secondary N) is 1. The van der Waals surface area contributed by atoms with Crippen LogP contribution in [0.2, 0.25) is 0 Å². The number of amides is 2. The summed E-state index contributed by atoms with van der Waals surface area (Å²) >= 11 is 0. The van der Waals surface area contributed by atoms with Gasteiger partial charge in [0, 0.05) is 26.1 Å². The third-order valence-electron chi connectivity index (χ3n) is 6.92. The second-order valence-electron chi connectivity index (χ2n) is 10.6. The van der Waals surface area contributed by atoms with E-state index in [1.54, 1.807) is 18.2 Å². The normalized spacial score (nSPS) is 12.4. The molecule has 1 atom stereocenters. The van der Waals surface area contributed by atoms with E-state index in [1.165, 1.54) is 11.9 Å². The van der Waals surface area contributed by atoms with Crippen LogP contribution in [0, 0.1) is 6.92 Å². The summed E-state index contributed by atoms with van der Waals surface area (Å²) in [5, 5.41) is 4.68. The van der Waals surface area contributed by atoms with Crippen LogP contribution in [0.4, 0.5) is 0 Å². The Morgan fingerprint density at radius 2 is 1.46 bits per heavy atom. The van der Waals surface area contributed by atoms with Crippen LogP contribution < -0.4 is 5.32 Å². The van der Waals surface area contributed by atoms with Crippen molar-refractivity contribution >= 4 is 32.6 Å². The predicted molar refractivity (Wildman–Crippen MR) is 163 cm³/mol. The first kappa shape index (κ1) is 30.0. The number of hydrogen-bond acceptors (Lipinski definition) is 4. The van der Waals surface area contributed by atoms with Crippen LogP contribution >= 0.6 is 0 Å². The highest BCUT2D eigenvalue weighted by Gasteiger charge is 2.33. The number of likely N-dealkylation sites (N-methyl/N-ethyl adjacent to an activating group) is 1. The molecule has 0 fully saturated rings. The molecule has 0 spiro atoms. The SMILES string of the molecule is Cc1cccc(CN(C(=O)CN(C)S(=O)(=O)c2ccc3ccccc3c2)C(Cc2ccccc2)C(=O)NC(C)C)c1. The Labute approximate surface area is 242 Å². The highest BCUT2D eigenvalue weighted by atomic mass is 32.2. The van der Waals surface area contributed by atoms with Gasteiger partial charge in [0.25, 0.3) is 0 Å². The first-order valence-corrected chi connectivity index (χ1v) is 15.1. The molecule has 0 saturated heterocycles. The molecular weight excluding hydrogens is 534 g/mol. The number of hydrogen-bond donors (Lipinski definition) is 1. The van der Waals surface area contributed by atoms with Crippen molar-refractivity contribution in [3.8, 4) is 0 Å². The number of benzene rings is 4. The molecule has 1 N–H and O–H groups in total. The first-order chi connectivity index (χ1) is 19.5. The summed E-state index contributed by atoms with van der Waals surface area (Å²) in [6.07, 6.45) is 0.290. The fourth-order valence-corrected chi connectivity index (χ4v) is 5.97. The third kappa shape index (κ3) is 7.60. The van der Waals surface area contributed by atoms with Crippen molar-refractivity contribution in [3.05, 3.63) is 114 Å². The van der Waals surface area contributed by atoms with Crippen molar-refractivity contribution < 1.29 is 18.0 Å². The fraction of sp³-hybridized carbons (Fsp3) is 0.273. The zero-order valence-corrected chi connectivity index (χ0v) is 24.8. The predicted octanol–water partition coefficient (Wildman–Crippen LogP) is 4.93. The largest absolute Gasteiger partial charge is 0.352 e. The van der Waals surface area contributed by atoms with Crippen LogP contribution in [-0.2, 0) is 32.6 Å². The van der Waals surface area contributed by atoms with Crippen LogP contribution in [0.3, 0.4) is 0 Å². The van der Waals surface area contributed by atoms with E-state index in [1.807, 2.05) is 99.6 Å². The van der Waals surface area contributed by atoms with Crippen molar-refractivity contribution in [1.82, 2.24) is 14.5 Å². The molecule has 0 heterocycles. The van der Waals surface area contributed by atoms with Gasteiger partial charge in [-0.1, -0.05) is 90.5 Å². The molecule has 8 heteroatoms. The van der Waals surface area contributed by atoms with Gasteiger partial charge in [-0.05, 0) is 54.8 Å². The Morgan fingerprint density at radius 3 is 2.15 bits per heavy atom. The molecule has 0 aliphatic rings.